The second-order valence-electron chi connectivity index (χ2n) is 4.62. The van der Waals surface area contributed by atoms with Gasteiger partial charge in [-0.05, 0) is 29.8 Å². The number of amides is 1. The lowest BCUT2D eigenvalue weighted by Gasteiger charge is -2.20. The molecule has 0 bridgehead atoms. The summed E-state index contributed by atoms with van der Waals surface area (Å²) in [6, 6.07) is 8.09. The number of H-pyrrole nitrogens is 1. The van der Waals surface area contributed by atoms with Crippen molar-refractivity contribution in [2.24, 2.45) is 0 Å². The summed E-state index contributed by atoms with van der Waals surface area (Å²) in [5, 5.41) is 13.1. The molecule has 1 amide bonds. The first-order valence-electron chi connectivity index (χ1n) is 6.40. The number of anilines is 1. The molecule has 0 aliphatic rings. The number of nitrogens with one attached hydrogen (secondary N) is 1. The summed E-state index contributed by atoms with van der Waals surface area (Å²) in [5.41, 5.74) is 2.19. The summed E-state index contributed by atoms with van der Waals surface area (Å²) in [6.45, 7) is 3.03. The molecule has 7 heteroatoms. The highest BCUT2D eigenvalue weighted by Gasteiger charge is 2.18. The van der Waals surface area contributed by atoms with E-state index in [9.17, 15) is 4.79 Å². The molecule has 0 saturated heterocycles. The normalized spacial score (nSPS) is 10.3. The minimum absolute atomic E-state index is 0.0942. The predicted molar refractivity (Wildman–Crippen MR) is 75.4 cm³/mol. The molecule has 0 aliphatic carbocycles. The van der Waals surface area contributed by atoms with E-state index >= 15 is 0 Å². The lowest BCUT2D eigenvalue weighted by atomic mass is 10.2. The molecule has 7 nitrogen and oxygen atoms in total. The van der Waals surface area contributed by atoms with Crippen molar-refractivity contribution in [2.75, 3.05) is 25.5 Å². The fourth-order valence-corrected chi connectivity index (χ4v) is 1.84. The summed E-state index contributed by atoms with van der Waals surface area (Å²) in [6.07, 6.45) is 0. The Kier molecular flexibility index (Phi) is 4.29. The van der Waals surface area contributed by atoms with Crippen molar-refractivity contribution in [2.45, 2.75) is 13.5 Å². The molecule has 0 radical (unpaired) electrons. The van der Waals surface area contributed by atoms with Gasteiger partial charge in [-0.25, -0.2) is 0 Å². The van der Waals surface area contributed by atoms with Crippen LogP contribution in [0.4, 0.5) is 5.69 Å². The number of carbonyl (C=O) groups excluding carboxylic acids is 1. The molecule has 1 N–H and O–H groups in total. The van der Waals surface area contributed by atoms with Gasteiger partial charge in [-0.15, -0.1) is 10.2 Å². The molecular formula is C13H18N6O. The SMILES string of the molecule is CCN(Cc1ccc(N(C)C)cc1)C(=O)c1nn[nH]n1. The molecule has 2 rings (SSSR count). The van der Waals surface area contributed by atoms with Gasteiger partial charge in [0, 0.05) is 32.9 Å². The molecule has 1 aromatic carbocycles. The number of benzene rings is 1. The van der Waals surface area contributed by atoms with E-state index in [4.69, 9.17) is 0 Å². The highest BCUT2D eigenvalue weighted by molar-refractivity contribution is 5.90. The molecule has 1 aromatic heterocycles. The van der Waals surface area contributed by atoms with Crippen LogP contribution in [0.15, 0.2) is 24.3 Å². The zero-order valence-corrected chi connectivity index (χ0v) is 11.9. The third kappa shape index (κ3) is 3.11. The van der Waals surface area contributed by atoms with E-state index in [2.05, 4.69) is 20.6 Å². The van der Waals surface area contributed by atoms with E-state index in [0.717, 1.165) is 11.3 Å². The molecule has 0 unspecified atom stereocenters. The van der Waals surface area contributed by atoms with Crippen molar-refractivity contribution in [3.05, 3.63) is 35.7 Å². The van der Waals surface area contributed by atoms with Crippen LogP contribution >= 0.6 is 0 Å². The highest BCUT2D eigenvalue weighted by atomic mass is 16.2. The van der Waals surface area contributed by atoms with Crippen LogP contribution < -0.4 is 4.90 Å². The van der Waals surface area contributed by atoms with Crippen molar-refractivity contribution in [3.63, 3.8) is 0 Å². The number of hydrogen-bond donors (Lipinski definition) is 1. The topological polar surface area (TPSA) is 78.0 Å². The van der Waals surface area contributed by atoms with Gasteiger partial charge in [0.05, 0.1) is 0 Å². The summed E-state index contributed by atoms with van der Waals surface area (Å²) in [4.78, 5) is 15.9. The number of rotatable bonds is 5. The molecule has 0 fully saturated rings. The van der Waals surface area contributed by atoms with Crippen LogP contribution in [-0.2, 0) is 6.54 Å². The van der Waals surface area contributed by atoms with Gasteiger partial charge in [0.2, 0.25) is 0 Å². The third-order valence-corrected chi connectivity index (χ3v) is 3.03. The Labute approximate surface area is 117 Å². The van der Waals surface area contributed by atoms with Crippen LogP contribution in [0.3, 0.4) is 0 Å². The van der Waals surface area contributed by atoms with Gasteiger partial charge in [0.1, 0.15) is 0 Å². The van der Waals surface area contributed by atoms with Crippen molar-refractivity contribution < 1.29 is 4.79 Å². The minimum Gasteiger partial charge on any atom is -0.378 e. The van der Waals surface area contributed by atoms with Crippen LogP contribution in [0.25, 0.3) is 0 Å². The summed E-state index contributed by atoms with van der Waals surface area (Å²) < 4.78 is 0. The van der Waals surface area contributed by atoms with Crippen molar-refractivity contribution in [1.29, 1.82) is 0 Å². The molecule has 106 valence electrons. The van der Waals surface area contributed by atoms with E-state index in [-0.39, 0.29) is 11.7 Å². The Bertz CT molecular complexity index is 549. The maximum absolute atomic E-state index is 12.1. The van der Waals surface area contributed by atoms with Crippen LogP contribution in [0.1, 0.15) is 23.1 Å². The van der Waals surface area contributed by atoms with Crippen LogP contribution in [0, 0.1) is 0 Å². The maximum Gasteiger partial charge on any atom is 0.295 e. The van der Waals surface area contributed by atoms with Gasteiger partial charge in [-0.1, -0.05) is 12.1 Å². The van der Waals surface area contributed by atoms with E-state index in [1.165, 1.54) is 0 Å². The standard InChI is InChI=1S/C13H18N6O/c1-4-19(13(20)12-14-16-17-15-12)9-10-5-7-11(8-6-10)18(2)3/h5-8H,4,9H2,1-3H3,(H,14,15,16,17). The van der Waals surface area contributed by atoms with Gasteiger partial charge in [-0.2, -0.15) is 5.21 Å². The molecule has 2 aromatic rings. The number of nitrogens with zero attached hydrogens (tertiary/aromatic N) is 5. The molecule has 0 atom stereocenters. The quantitative estimate of drug-likeness (QED) is 0.877. The van der Waals surface area contributed by atoms with Gasteiger partial charge in [0.15, 0.2) is 0 Å². The maximum atomic E-state index is 12.1. The second kappa shape index (κ2) is 6.14. The molecule has 1 heterocycles. The second-order valence-corrected chi connectivity index (χ2v) is 4.62. The number of carbonyl (C=O) groups is 1. The Hall–Kier alpha value is -2.44. The zero-order valence-electron chi connectivity index (χ0n) is 11.9. The van der Waals surface area contributed by atoms with Crippen LogP contribution in [0.5, 0.6) is 0 Å². The van der Waals surface area contributed by atoms with E-state index < -0.39 is 0 Å². The average Bonchev–Trinajstić information content (AvgIpc) is 2.98. The summed E-state index contributed by atoms with van der Waals surface area (Å²) in [5.74, 6) is -0.130. The number of hydrogen-bond acceptors (Lipinski definition) is 5. The van der Waals surface area contributed by atoms with E-state index in [0.29, 0.717) is 13.1 Å². The Morgan fingerprint density at radius 3 is 2.45 bits per heavy atom. The van der Waals surface area contributed by atoms with Gasteiger partial charge >= 0.3 is 0 Å². The first-order chi connectivity index (χ1) is 9.61. The van der Waals surface area contributed by atoms with Crippen LogP contribution in [0.2, 0.25) is 0 Å². The first kappa shape index (κ1) is 14.0. The Balaban J connectivity index is 2.08. The smallest absolute Gasteiger partial charge is 0.295 e. The predicted octanol–water partition coefficient (Wildman–Crippen LogP) is 0.928. The van der Waals surface area contributed by atoms with E-state index in [1.54, 1.807) is 4.90 Å². The lowest BCUT2D eigenvalue weighted by Crippen LogP contribution is -2.31. The number of aromatic amines is 1. The largest absolute Gasteiger partial charge is 0.378 e. The minimum atomic E-state index is -0.224. The average molecular weight is 274 g/mol. The third-order valence-electron chi connectivity index (χ3n) is 3.03. The van der Waals surface area contributed by atoms with Gasteiger partial charge in [-0.3, -0.25) is 4.79 Å². The fraction of sp³-hybridized carbons (Fsp3) is 0.385. The number of aromatic nitrogens is 4. The lowest BCUT2D eigenvalue weighted by molar-refractivity contribution is 0.0740. The van der Waals surface area contributed by atoms with E-state index in [1.807, 2.05) is 50.2 Å². The summed E-state index contributed by atoms with van der Waals surface area (Å²) in [7, 11) is 3.99. The van der Waals surface area contributed by atoms with Crippen molar-refractivity contribution in [1.82, 2.24) is 25.5 Å². The molecule has 20 heavy (non-hydrogen) atoms. The molecule has 0 spiro atoms. The van der Waals surface area contributed by atoms with Gasteiger partial charge < -0.3 is 9.80 Å². The highest BCUT2D eigenvalue weighted by Crippen LogP contribution is 2.14. The zero-order chi connectivity index (χ0) is 14.5. The Morgan fingerprint density at radius 2 is 1.95 bits per heavy atom. The van der Waals surface area contributed by atoms with Gasteiger partial charge in [0.25, 0.3) is 11.7 Å². The summed E-state index contributed by atoms with van der Waals surface area (Å²) >= 11 is 0. The Morgan fingerprint density at radius 1 is 1.25 bits per heavy atom. The molecular weight excluding hydrogens is 256 g/mol. The molecule has 0 aliphatic heterocycles. The first-order valence-corrected chi connectivity index (χ1v) is 6.40. The number of tetrazole rings is 1. The fourth-order valence-electron chi connectivity index (χ4n) is 1.84. The van der Waals surface area contributed by atoms with Crippen LogP contribution in [-0.4, -0.2) is 52.1 Å². The van der Waals surface area contributed by atoms with Crippen molar-refractivity contribution >= 4 is 11.6 Å². The molecule has 0 saturated carbocycles. The van der Waals surface area contributed by atoms with Crippen molar-refractivity contribution in [3.8, 4) is 0 Å². The monoisotopic (exact) mass is 274 g/mol.